The fraction of sp³-hybridized carbons (Fsp3) is 0.875. The molecule has 0 radical (unpaired) electrons. The van der Waals surface area contributed by atoms with Gasteiger partial charge in [0.2, 0.25) is 0 Å². The predicted molar refractivity (Wildman–Crippen MR) is 88.2 cm³/mol. The molecule has 1 aliphatic heterocycles. The van der Waals surface area contributed by atoms with Crippen molar-refractivity contribution in [1.82, 2.24) is 0 Å². The number of ether oxygens (including phenoxy) is 2. The Morgan fingerprint density at radius 2 is 1.09 bits per heavy atom. The molecule has 6 nitrogen and oxygen atoms in total. The van der Waals surface area contributed by atoms with Crippen molar-refractivity contribution in [2.75, 3.05) is 26.4 Å². The maximum absolute atomic E-state index is 8.89. The van der Waals surface area contributed by atoms with E-state index in [0.29, 0.717) is 0 Å². The van der Waals surface area contributed by atoms with Crippen molar-refractivity contribution in [3.8, 4) is 0 Å². The molecule has 0 aromatic heterocycles. The standard InChI is InChI=1S/C4H8O2.2C4H9.2C2H4O2.Sn/c1-2-6-4-3-5-1;2*1-3-4-2;2*1-2(3)4;/h1-4H2;2*1,3-4H2,2H3;2*1H3,(H,3,4);/q;;;;;+2/p-2. The molecule has 0 amide bonds. The Morgan fingerprint density at radius 1 is 0.826 bits per heavy atom. The van der Waals surface area contributed by atoms with Crippen LogP contribution in [0.1, 0.15) is 53.4 Å². The second-order valence-corrected chi connectivity index (χ2v) is 8.95. The Kier molecular flexibility index (Phi) is 31.7. The molecule has 0 unspecified atom stereocenters. The third-order valence-corrected chi connectivity index (χ3v) is 6.19. The molecule has 1 heterocycles. The van der Waals surface area contributed by atoms with E-state index >= 15 is 0 Å². The summed E-state index contributed by atoms with van der Waals surface area (Å²) in [6.07, 6.45) is 5.84. The summed E-state index contributed by atoms with van der Waals surface area (Å²) >= 11 is 0.149. The van der Waals surface area contributed by atoms with Crippen molar-refractivity contribution in [2.45, 2.75) is 62.3 Å². The first-order chi connectivity index (χ1) is 10.9. The van der Waals surface area contributed by atoms with E-state index in [-0.39, 0.29) is 21.1 Å². The summed E-state index contributed by atoms with van der Waals surface area (Å²) in [6, 6.07) is 0. The van der Waals surface area contributed by atoms with Crippen molar-refractivity contribution in [1.29, 1.82) is 0 Å². The molecule has 136 valence electrons. The number of hydrogen-bond donors (Lipinski definition) is 0. The summed E-state index contributed by atoms with van der Waals surface area (Å²) in [5.41, 5.74) is 0. The molecule has 1 fully saturated rings. The number of aliphatic carboxylic acids is 2. The molecule has 0 atom stereocenters. The number of carboxylic acids is 2. The van der Waals surface area contributed by atoms with Crippen LogP contribution in [0.4, 0.5) is 0 Å². The maximum atomic E-state index is 8.89. The van der Waals surface area contributed by atoms with Gasteiger partial charge in [-0.25, -0.2) is 0 Å². The fourth-order valence-electron chi connectivity index (χ4n) is 1.17. The molecule has 0 N–H and O–H groups in total. The Bertz CT molecular complexity index is 207. The van der Waals surface area contributed by atoms with Crippen LogP contribution in [0.15, 0.2) is 0 Å². The van der Waals surface area contributed by atoms with E-state index in [0.717, 1.165) is 40.3 Å². The van der Waals surface area contributed by atoms with Gasteiger partial charge in [-0.1, -0.05) is 0 Å². The van der Waals surface area contributed by atoms with Gasteiger partial charge in [-0.15, -0.1) is 0 Å². The van der Waals surface area contributed by atoms with Gasteiger partial charge in [0.05, 0.1) is 26.4 Å². The summed E-state index contributed by atoms with van der Waals surface area (Å²) in [4.78, 5) is 17.8. The topological polar surface area (TPSA) is 98.7 Å². The Labute approximate surface area is 151 Å². The van der Waals surface area contributed by atoms with Gasteiger partial charge in [0.15, 0.2) is 0 Å². The summed E-state index contributed by atoms with van der Waals surface area (Å²) in [6.45, 7) is 9.64. The molecule has 0 aromatic rings. The average molecular weight is 439 g/mol. The Morgan fingerprint density at radius 3 is 1.26 bits per heavy atom. The van der Waals surface area contributed by atoms with Crippen LogP contribution in [0.2, 0.25) is 8.87 Å². The Balaban J connectivity index is -0.000000248. The van der Waals surface area contributed by atoms with Crippen molar-refractivity contribution < 1.29 is 29.3 Å². The van der Waals surface area contributed by atoms with Crippen molar-refractivity contribution in [3.05, 3.63) is 0 Å². The van der Waals surface area contributed by atoms with Gasteiger partial charge in [-0.05, 0) is 13.8 Å². The van der Waals surface area contributed by atoms with Gasteiger partial charge in [0.25, 0.3) is 0 Å². The normalized spacial score (nSPS) is 12.0. The predicted octanol–water partition coefficient (Wildman–Crippen LogP) is 0.673. The molecule has 0 bridgehead atoms. The number of carboxylic acid groups (broad SMARTS) is 2. The van der Waals surface area contributed by atoms with E-state index < -0.39 is 11.9 Å². The van der Waals surface area contributed by atoms with E-state index in [1.165, 1.54) is 25.7 Å². The number of unbranched alkanes of at least 4 members (excludes halogenated alkanes) is 2. The van der Waals surface area contributed by atoms with E-state index in [1.807, 2.05) is 0 Å². The molecule has 1 saturated heterocycles. The molecule has 1 aliphatic rings. The molecular formula is C16H32O6Sn. The average Bonchev–Trinajstić information content (AvgIpc) is 2.48. The van der Waals surface area contributed by atoms with Crippen LogP contribution in [-0.4, -0.2) is 59.5 Å². The zero-order valence-corrected chi connectivity index (χ0v) is 17.9. The van der Waals surface area contributed by atoms with Gasteiger partial charge in [-0.2, -0.15) is 0 Å². The third kappa shape index (κ3) is 61.6. The van der Waals surface area contributed by atoms with Crippen LogP contribution in [0.3, 0.4) is 0 Å². The zero-order chi connectivity index (χ0) is 18.3. The van der Waals surface area contributed by atoms with Crippen molar-refractivity contribution >= 4 is 33.1 Å². The SMILES string of the molecule is C1COCCO1.CC(=O)[O-].CC(=O)[O-].CCC[CH2][Sn+2][CH2]CCC. The first kappa shape index (κ1) is 27.5. The second-order valence-electron chi connectivity index (χ2n) is 4.67. The molecule has 1 rings (SSSR count). The van der Waals surface area contributed by atoms with Crippen LogP contribution in [0.25, 0.3) is 0 Å². The van der Waals surface area contributed by atoms with Crippen LogP contribution in [0.5, 0.6) is 0 Å². The summed E-state index contributed by atoms with van der Waals surface area (Å²) < 4.78 is 13.1. The molecule has 0 aliphatic carbocycles. The van der Waals surface area contributed by atoms with Crippen LogP contribution < -0.4 is 10.2 Å². The molecule has 23 heavy (non-hydrogen) atoms. The molecule has 0 spiro atoms. The minimum absolute atomic E-state index is 0.149. The number of rotatable bonds is 6. The van der Waals surface area contributed by atoms with Gasteiger partial charge in [0, 0.05) is 11.9 Å². The van der Waals surface area contributed by atoms with Gasteiger partial charge >= 0.3 is 69.5 Å². The van der Waals surface area contributed by atoms with Gasteiger partial charge in [0.1, 0.15) is 0 Å². The number of carbonyl (C=O) groups is 2. The molecule has 7 heteroatoms. The monoisotopic (exact) mass is 440 g/mol. The van der Waals surface area contributed by atoms with Crippen LogP contribution >= 0.6 is 0 Å². The fourth-order valence-corrected chi connectivity index (χ4v) is 5.33. The van der Waals surface area contributed by atoms with E-state index in [1.54, 1.807) is 8.87 Å². The van der Waals surface area contributed by atoms with Crippen LogP contribution in [0, 0.1) is 0 Å². The summed E-state index contributed by atoms with van der Waals surface area (Å²) in [7, 11) is 0. The third-order valence-electron chi connectivity index (χ3n) is 2.16. The summed E-state index contributed by atoms with van der Waals surface area (Å²) in [5.74, 6) is -2.17. The van der Waals surface area contributed by atoms with Crippen molar-refractivity contribution in [3.63, 3.8) is 0 Å². The quantitative estimate of drug-likeness (QED) is 0.446. The molecule has 0 saturated carbocycles. The number of carbonyl (C=O) groups excluding carboxylic acids is 2. The first-order valence-electron chi connectivity index (χ1n) is 8.09. The Hall–Kier alpha value is -0.341. The number of hydrogen-bond acceptors (Lipinski definition) is 6. The van der Waals surface area contributed by atoms with E-state index in [4.69, 9.17) is 29.3 Å². The van der Waals surface area contributed by atoms with E-state index in [9.17, 15) is 0 Å². The minimum atomic E-state index is -1.08. The van der Waals surface area contributed by atoms with Gasteiger partial charge in [-0.3, -0.25) is 0 Å². The zero-order valence-electron chi connectivity index (χ0n) is 15.0. The van der Waals surface area contributed by atoms with Crippen LogP contribution in [-0.2, 0) is 19.1 Å². The first-order valence-corrected chi connectivity index (χ1v) is 12.1. The molecule has 0 aromatic carbocycles. The second kappa shape index (κ2) is 26.6. The van der Waals surface area contributed by atoms with Gasteiger partial charge < -0.3 is 29.3 Å². The van der Waals surface area contributed by atoms with Crippen molar-refractivity contribution in [2.24, 2.45) is 0 Å². The van der Waals surface area contributed by atoms with E-state index in [2.05, 4.69) is 13.8 Å². The molecular weight excluding hydrogens is 407 g/mol. The summed E-state index contributed by atoms with van der Waals surface area (Å²) in [5, 5.41) is 17.8.